The van der Waals surface area contributed by atoms with Crippen molar-refractivity contribution in [2.24, 2.45) is 7.05 Å². The van der Waals surface area contributed by atoms with Crippen LogP contribution >= 0.6 is 0 Å². The van der Waals surface area contributed by atoms with Gasteiger partial charge in [-0.15, -0.1) is 0 Å². The molecule has 2 aromatic rings. The zero-order valence-electron chi connectivity index (χ0n) is 10.6. The Morgan fingerprint density at radius 1 is 1.28 bits per heavy atom. The number of hydrogen-bond donors (Lipinski definition) is 1. The highest BCUT2D eigenvalue weighted by molar-refractivity contribution is 5.69. The normalized spacial score (nSPS) is 18.1. The SMILES string of the molecule is Cn1cnc2c(=O)[nH]c(C3CCCCCC3)nc21. The Morgan fingerprint density at radius 2 is 2.00 bits per heavy atom. The van der Waals surface area contributed by atoms with Gasteiger partial charge in [-0.1, -0.05) is 25.7 Å². The smallest absolute Gasteiger partial charge is 0.279 e. The lowest BCUT2D eigenvalue weighted by Crippen LogP contribution is -2.15. The average molecular weight is 246 g/mol. The molecule has 1 aliphatic rings. The monoisotopic (exact) mass is 246 g/mol. The fraction of sp³-hybridized carbons (Fsp3) is 0.615. The third kappa shape index (κ3) is 1.94. The largest absolute Gasteiger partial charge is 0.318 e. The van der Waals surface area contributed by atoms with E-state index in [0.717, 1.165) is 18.7 Å². The predicted octanol–water partition coefficient (Wildman–Crippen LogP) is 2.09. The first kappa shape index (κ1) is 11.4. The van der Waals surface area contributed by atoms with Crippen molar-refractivity contribution in [3.63, 3.8) is 0 Å². The molecule has 0 atom stereocenters. The van der Waals surface area contributed by atoms with Crippen molar-refractivity contribution in [2.75, 3.05) is 0 Å². The molecular formula is C13H18N4O. The summed E-state index contributed by atoms with van der Waals surface area (Å²) in [5, 5.41) is 0. The number of H-pyrrole nitrogens is 1. The van der Waals surface area contributed by atoms with Crippen molar-refractivity contribution in [3.05, 3.63) is 22.5 Å². The van der Waals surface area contributed by atoms with Crippen molar-refractivity contribution in [3.8, 4) is 0 Å². The van der Waals surface area contributed by atoms with Crippen LogP contribution in [0, 0.1) is 0 Å². The third-order valence-electron chi connectivity index (χ3n) is 3.83. The topological polar surface area (TPSA) is 63.6 Å². The third-order valence-corrected chi connectivity index (χ3v) is 3.83. The molecule has 1 aliphatic carbocycles. The number of nitrogens with one attached hydrogen (secondary N) is 1. The molecule has 0 saturated heterocycles. The van der Waals surface area contributed by atoms with Crippen LogP contribution in [0.1, 0.15) is 50.3 Å². The van der Waals surface area contributed by atoms with Gasteiger partial charge < -0.3 is 9.55 Å². The lowest BCUT2D eigenvalue weighted by Gasteiger charge is -2.12. The number of fused-ring (bicyclic) bond motifs is 1. The second-order valence-electron chi connectivity index (χ2n) is 5.17. The maximum atomic E-state index is 12.0. The number of imidazole rings is 1. The zero-order chi connectivity index (χ0) is 12.5. The van der Waals surface area contributed by atoms with E-state index < -0.39 is 0 Å². The van der Waals surface area contributed by atoms with Crippen molar-refractivity contribution in [2.45, 2.75) is 44.4 Å². The molecule has 0 radical (unpaired) electrons. The van der Waals surface area contributed by atoms with Crippen LogP contribution in [-0.4, -0.2) is 19.5 Å². The highest BCUT2D eigenvalue weighted by Gasteiger charge is 2.18. The molecule has 0 unspecified atom stereocenters. The Kier molecular flexibility index (Phi) is 2.89. The summed E-state index contributed by atoms with van der Waals surface area (Å²) in [7, 11) is 1.87. The van der Waals surface area contributed by atoms with Crippen LogP contribution in [0.25, 0.3) is 11.2 Å². The summed E-state index contributed by atoms with van der Waals surface area (Å²) in [5.41, 5.74) is 1.02. The first-order valence-corrected chi connectivity index (χ1v) is 6.67. The van der Waals surface area contributed by atoms with Crippen LogP contribution in [0.5, 0.6) is 0 Å². The standard InChI is InChI=1S/C13H18N4O/c1-17-8-14-10-12(17)15-11(16-13(10)18)9-6-4-2-3-5-7-9/h8-9H,2-7H2,1H3,(H,15,16,18). The molecule has 5 nitrogen and oxygen atoms in total. The molecule has 0 spiro atoms. The molecular weight excluding hydrogens is 228 g/mol. The Morgan fingerprint density at radius 3 is 2.72 bits per heavy atom. The minimum atomic E-state index is -0.111. The highest BCUT2D eigenvalue weighted by Crippen LogP contribution is 2.29. The second kappa shape index (κ2) is 4.55. The number of nitrogens with zero attached hydrogens (tertiary/aromatic N) is 3. The number of aromatic amines is 1. The maximum absolute atomic E-state index is 12.0. The minimum Gasteiger partial charge on any atom is -0.318 e. The summed E-state index contributed by atoms with van der Waals surface area (Å²) in [6, 6.07) is 0. The predicted molar refractivity (Wildman–Crippen MR) is 69.6 cm³/mol. The minimum absolute atomic E-state index is 0.111. The molecule has 96 valence electrons. The molecule has 2 aromatic heterocycles. The Hall–Kier alpha value is -1.65. The molecule has 1 saturated carbocycles. The van der Waals surface area contributed by atoms with Crippen LogP contribution in [0.15, 0.2) is 11.1 Å². The number of hydrogen-bond acceptors (Lipinski definition) is 3. The van der Waals surface area contributed by atoms with Gasteiger partial charge in [-0.05, 0) is 12.8 Å². The average Bonchev–Trinajstić information content (AvgIpc) is 2.61. The molecule has 18 heavy (non-hydrogen) atoms. The van der Waals surface area contributed by atoms with E-state index in [-0.39, 0.29) is 5.56 Å². The zero-order valence-corrected chi connectivity index (χ0v) is 10.6. The molecule has 5 heteroatoms. The molecule has 0 aliphatic heterocycles. The lowest BCUT2D eigenvalue weighted by atomic mass is 9.99. The highest BCUT2D eigenvalue weighted by atomic mass is 16.1. The van der Waals surface area contributed by atoms with Gasteiger partial charge in [0, 0.05) is 13.0 Å². The summed E-state index contributed by atoms with van der Waals surface area (Å²) in [4.78, 5) is 23.6. The van der Waals surface area contributed by atoms with E-state index in [1.165, 1.54) is 25.7 Å². The van der Waals surface area contributed by atoms with E-state index in [9.17, 15) is 4.79 Å². The molecule has 0 amide bonds. The van der Waals surface area contributed by atoms with Gasteiger partial charge in [0.1, 0.15) is 5.82 Å². The van der Waals surface area contributed by atoms with Gasteiger partial charge in [0.25, 0.3) is 5.56 Å². The first-order valence-electron chi connectivity index (χ1n) is 6.67. The molecule has 1 fully saturated rings. The second-order valence-corrected chi connectivity index (χ2v) is 5.17. The van der Waals surface area contributed by atoms with E-state index in [0.29, 0.717) is 17.1 Å². The number of rotatable bonds is 1. The molecule has 0 aromatic carbocycles. The Balaban J connectivity index is 2.05. The molecule has 2 heterocycles. The maximum Gasteiger partial charge on any atom is 0.279 e. The Labute approximate surface area is 105 Å². The fourth-order valence-electron chi connectivity index (χ4n) is 2.78. The first-order chi connectivity index (χ1) is 8.75. The van der Waals surface area contributed by atoms with E-state index in [4.69, 9.17) is 0 Å². The lowest BCUT2D eigenvalue weighted by molar-refractivity contribution is 0.560. The number of aryl methyl sites for hydroxylation is 1. The van der Waals surface area contributed by atoms with Gasteiger partial charge in [-0.2, -0.15) is 0 Å². The van der Waals surface area contributed by atoms with Crippen molar-refractivity contribution in [1.82, 2.24) is 19.5 Å². The summed E-state index contributed by atoms with van der Waals surface area (Å²) < 4.78 is 1.81. The summed E-state index contributed by atoms with van der Waals surface area (Å²) in [6.45, 7) is 0. The van der Waals surface area contributed by atoms with Gasteiger partial charge in [0.05, 0.1) is 6.33 Å². The van der Waals surface area contributed by atoms with Crippen LogP contribution in [0.3, 0.4) is 0 Å². The summed E-state index contributed by atoms with van der Waals surface area (Å²) in [6.07, 6.45) is 8.97. The van der Waals surface area contributed by atoms with E-state index >= 15 is 0 Å². The van der Waals surface area contributed by atoms with Crippen LogP contribution < -0.4 is 5.56 Å². The van der Waals surface area contributed by atoms with Gasteiger partial charge in [0.15, 0.2) is 11.2 Å². The van der Waals surface area contributed by atoms with Crippen molar-refractivity contribution in [1.29, 1.82) is 0 Å². The van der Waals surface area contributed by atoms with Crippen molar-refractivity contribution < 1.29 is 0 Å². The van der Waals surface area contributed by atoms with E-state index in [1.54, 1.807) is 6.33 Å². The van der Waals surface area contributed by atoms with Gasteiger partial charge in [-0.25, -0.2) is 9.97 Å². The van der Waals surface area contributed by atoms with Crippen molar-refractivity contribution >= 4 is 11.2 Å². The Bertz CT molecular complexity index is 605. The summed E-state index contributed by atoms with van der Waals surface area (Å²) >= 11 is 0. The van der Waals surface area contributed by atoms with Gasteiger partial charge >= 0.3 is 0 Å². The molecule has 1 N–H and O–H groups in total. The molecule has 3 rings (SSSR count). The quantitative estimate of drug-likeness (QED) is 0.784. The van der Waals surface area contributed by atoms with Crippen LogP contribution in [0.4, 0.5) is 0 Å². The van der Waals surface area contributed by atoms with Gasteiger partial charge in [0.2, 0.25) is 0 Å². The van der Waals surface area contributed by atoms with Crippen LogP contribution in [0.2, 0.25) is 0 Å². The van der Waals surface area contributed by atoms with E-state index in [1.807, 2.05) is 11.6 Å². The number of aromatic nitrogens is 4. The fourth-order valence-corrected chi connectivity index (χ4v) is 2.78. The van der Waals surface area contributed by atoms with Gasteiger partial charge in [-0.3, -0.25) is 4.79 Å². The van der Waals surface area contributed by atoms with Crippen LogP contribution in [-0.2, 0) is 7.05 Å². The summed E-state index contributed by atoms with van der Waals surface area (Å²) in [5.74, 6) is 1.25. The molecule has 0 bridgehead atoms. The van der Waals surface area contributed by atoms with E-state index in [2.05, 4.69) is 15.0 Å².